The summed E-state index contributed by atoms with van der Waals surface area (Å²) in [5.74, 6) is 2.03. The molecule has 6 nitrogen and oxygen atoms in total. The molecule has 0 aromatic heterocycles. The Hall–Kier alpha value is -2.06. The number of carbonyl (C=O) groups is 1. The minimum atomic E-state index is -2.53. The molecule has 0 fully saturated rings. The summed E-state index contributed by atoms with van der Waals surface area (Å²) in [6, 6.07) is 9.15. The van der Waals surface area contributed by atoms with Crippen LogP contribution in [0.25, 0.3) is 6.08 Å². The molecule has 0 bridgehead atoms. The van der Waals surface area contributed by atoms with Crippen LogP contribution >= 0.6 is 33.2 Å². The van der Waals surface area contributed by atoms with Crippen LogP contribution in [0, 0.1) is 0 Å². The van der Waals surface area contributed by atoms with Crippen LogP contribution in [0.3, 0.4) is 0 Å². The second-order valence-electron chi connectivity index (χ2n) is 7.67. The molecule has 0 spiro atoms. The maximum atomic E-state index is 12.0. The zero-order chi connectivity index (χ0) is 25.7. The first-order valence-corrected chi connectivity index (χ1v) is 16.4. The van der Waals surface area contributed by atoms with Gasteiger partial charge >= 0.3 is 12.0 Å². The third-order valence-electron chi connectivity index (χ3n) is 5.04. The Kier molecular flexibility index (Phi) is 12.6. The summed E-state index contributed by atoms with van der Waals surface area (Å²) in [6.45, 7) is 0.686. The average molecular weight is 562 g/mol. The van der Waals surface area contributed by atoms with E-state index in [4.69, 9.17) is 56.9 Å². The number of rotatable bonds is 15. The zero-order valence-corrected chi connectivity index (χ0v) is 23.4. The van der Waals surface area contributed by atoms with E-state index in [0.29, 0.717) is 42.3 Å². The Morgan fingerprint density at radius 3 is 2.17 bits per heavy atom. The Balaban J connectivity index is 1.82. The SMILES string of the molecule is COc1ccc(COc2ccc(/C=C/C(=O)OCCCCCC[Si](Cl)(Cl)Cl)cc2OC)cc1OC. The van der Waals surface area contributed by atoms with E-state index in [9.17, 15) is 4.79 Å². The van der Waals surface area contributed by atoms with Crippen LogP contribution in [0.1, 0.15) is 36.8 Å². The van der Waals surface area contributed by atoms with Crippen molar-refractivity contribution < 1.29 is 28.5 Å². The third-order valence-corrected chi connectivity index (χ3v) is 7.66. The predicted molar refractivity (Wildman–Crippen MR) is 143 cm³/mol. The van der Waals surface area contributed by atoms with Crippen molar-refractivity contribution >= 4 is 51.3 Å². The summed E-state index contributed by atoms with van der Waals surface area (Å²) < 4.78 is 27.2. The van der Waals surface area contributed by atoms with Gasteiger partial charge in [-0.15, -0.1) is 33.2 Å². The van der Waals surface area contributed by atoms with Gasteiger partial charge in [0.05, 0.1) is 27.9 Å². The first kappa shape index (κ1) is 29.2. The highest BCUT2D eigenvalue weighted by Crippen LogP contribution is 2.31. The highest BCUT2D eigenvalue weighted by molar-refractivity contribution is 7.64. The summed E-state index contributed by atoms with van der Waals surface area (Å²) in [6.07, 6.45) is 6.61. The molecule has 0 amide bonds. The van der Waals surface area contributed by atoms with Crippen LogP contribution in [0.2, 0.25) is 6.04 Å². The number of hydrogen-bond donors (Lipinski definition) is 0. The maximum absolute atomic E-state index is 12.0. The summed E-state index contributed by atoms with van der Waals surface area (Å²) >= 11 is 17.6. The molecule has 2 aromatic rings. The number of methoxy groups -OCH3 is 3. The number of benzene rings is 2. The van der Waals surface area contributed by atoms with Crippen LogP contribution in [0.15, 0.2) is 42.5 Å². The van der Waals surface area contributed by atoms with Gasteiger partial charge in [-0.2, -0.15) is 0 Å². The summed E-state index contributed by atoms with van der Waals surface area (Å²) in [5.41, 5.74) is 1.71. The maximum Gasteiger partial charge on any atom is 0.341 e. The fourth-order valence-electron chi connectivity index (χ4n) is 3.20. The number of ether oxygens (including phenoxy) is 5. The van der Waals surface area contributed by atoms with Gasteiger partial charge in [0.2, 0.25) is 0 Å². The second kappa shape index (κ2) is 15.1. The smallest absolute Gasteiger partial charge is 0.341 e. The van der Waals surface area contributed by atoms with Crippen LogP contribution in [0.5, 0.6) is 23.0 Å². The molecule has 35 heavy (non-hydrogen) atoms. The first-order chi connectivity index (χ1) is 16.8. The van der Waals surface area contributed by atoms with Crippen molar-refractivity contribution in [3.63, 3.8) is 0 Å². The van der Waals surface area contributed by atoms with E-state index in [2.05, 4.69) is 0 Å². The third kappa shape index (κ3) is 11.0. The Morgan fingerprint density at radius 2 is 1.49 bits per heavy atom. The number of halogens is 3. The standard InChI is InChI=1S/C25H31Cl3O6Si/c1-30-21-11-9-20(17-23(21)31-2)18-34-22-12-8-19(16-24(22)32-3)10-13-25(29)33-14-6-4-5-7-15-35(26,27)28/h8-13,16-17H,4-7,14-15,18H2,1-3H3/b13-10+. The largest absolute Gasteiger partial charge is 0.493 e. The number of esters is 1. The van der Waals surface area contributed by atoms with Crippen LogP contribution < -0.4 is 18.9 Å². The molecule has 0 N–H and O–H groups in total. The average Bonchev–Trinajstić information content (AvgIpc) is 2.84. The monoisotopic (exact) mass is 560 g/mol. The molecule has 0 aliphatic rings. The van der Waals surface area contributed by atoms with E-state index < -0.39 is 12.0 Å². The van der Waals surface area contributed by atoms with Gasteiger partial charge in [-0.1, -0.05) is 31.4 Å². The van der Waals surface area contributed by atoms with Crippen LogP contribution in [-0.4, -0.2) is 39.9 Å². The quantitative estimate of drug-likeness (QED) is 0.0762. The minimum Gasteiger partial charge on any atom is -0.493 e. The van der Waals surface area contributed by atoms with Crippen LogP contribution in [0.4, 0.5) is 0 Å². The number of hydrogen-bond acceptors (Lipinski definition) is 6. The van der Waals surface area contributed by atoms with Crippen molar-refractivity contribution in [1.82, 2.24) is 0 Å². The van der Waals surface area contributed by atoms with Crippen molar-refractivity contribution in [2.24, 2.45) is 0 Å². The van der Waals surface area contributed by atoms with E-state index in [1.54, 1.807) is 39.5 Å². The van der Waals surface area contributed by atoms with E-state index in [-0.39, 0.29) is 0 Å². The van der Waals surface area contributed by atoms with E-state index in [1.807, 2.05) is 24.3 Å². The second-order valence-corrected chi connectivity index (χ2v) is 16.9. The van der Waals surface area contributed by atoms with E-state index in [1.165, 1.54) is 6.08 Å². The molecule has 0 atom stereocenters. The molecule has 0 aliphatic carbocycles. The number of carbonyl (C=O) groups excluding carboxylic acids is 1. The van der Waals surface area contributed by atoms with E-state index >= 15 is 0 Å². The topological polar surface area (TPSA) is 63.2 Å². The molecule has 0 heterocycles. The normalized spacial score (nSPS) is 11.4. The van der Waals surface area contributed by atoms with Gasteiger partial charge in [0, 0.05) is 6.08 Å². The van der Waals surface area contributed by atoms with Crippen molar-refractivity contribution in [3.05, 3.63) is 53.6 Å². The molecule has 0 unspecified atom stereocenters. The molecule has 2 rings (SSSR count). The molecular weight excluding hydrogens is 531 g/mol. The van der Waals surface area contributed by atoms with Crippen molar-refractivity contribution in [1.29, 1.82) is 0 Å². The lowest BCUT2D eigenvalue weighted by molar-refractivity contribution is -0.137. The summed E-state index contributed by atoms with van der Waals surface area (Å²) in [5, 5.41) is 0. The highest BCUT2D eigenvalue weighted by Gasteiger charge is 2.23. The molecule has 2 aromatic carbocycles. The lowest BCUT2D eigenvalue weighted by Gasteiger charge is -2.13. The lowest BCUT2D eigenvalue weighted by Crippen LogP contribution is -2.07. The Morgan fingerprint density at radius 1 is 0.829 bits per heavy atom. The van der Waals surface area contributed by atoms with Gasteiger partial charge in [0.25, 0.3) is 0 Å². The molecule has 0 radical (unpaired) electrons. The number of unbranched alkanes of at least 4 members (excludes halogenated alkanes) is 3. The van der Waals surface area contributed by atoms with E-state index in [0.717, 1.165) is 36.8 Å². The predicted octanol–water partition coefficient (Wildman–Crippen LogP) is 7.06. The van der Waals surface area contributed by atoms with Gasteiger partial charge in [0.1, 0.15) is 6.61 Å². The molecule has 10 heteroatoms. The van der Waals surface area contributed by atoms with Gasteiger partial charge in [0.15, 0.2) is 23.0 Å². The molecule has 0 saturated heterocycles. The minimum absolute atomic E-state index is 0.324. The Labute approximate surface area is 222 Å². The summed E-state index contributed by atoms with van der Waals surface area (Å²) in [7, 11) is 4.75. The van der Waals surface area contributed by atoms with Crippen molar-refractivity contribution in [2.45, 2.75) is 38.3 Å². The van der Waals surface area contributed by atoms with Crippen molar-refractivity contribution in [3.8, 4) is 23.0 Å². The first-order valence-electron chi connectivity index (χ1n) is 11.2. The highest BCUT2D eigenvalue weighted by atomic mass is 35.8. The van der Waals surface area contributed by atoms with Gasteiger partial charge < -0.3 is 23.7 Å². The van der Waals surface area contributed by atoms with Gasteiger partial charge in [-0.25, -0.2) is 4.79 Å². The fraction of sp³-hybridized carbons (Fsp3) is 0.400. The lowest BCUT2D eigenvalue weighted by atomic mass is 10.2. The summed E-state index contributed by atoms with van der Waals surface area (Å²) in [4.78, 5) is 12.0. The van der Waals surface area contributed by atoms with Crippen molar-refractivity contribution in [2.75, 3.05) is 27.9 Å². The molecule has 0 aliphatic heterocycles. The van der Waals surface area contributed by atoms with Gasteiger partial charge in [-0.3, -0.25) is 0 Å². The van der Waals surface area contributed by atoms with Crippen LogP contribution in [-0.2, 0) is 16.1 Å². The molecular formula is C25H31Cl3O6Si. The fourth-order valence-corrected chi connectivity index (χ4v) is 5.06. The zero-order valence-electron chi connectivity index (χ0n) is 20.2. The molecule has 192 valence electrons. The van der Waals surface area contributed by atoms with Gasteiger partial charge in [-0.05, 0) is 53.9 Å². The Bertz CT molecular complexity index is 978. The molecule has 0 saturated carbocycles.